The van der Waals surface area contributed by atoms with Gasteiger partial charge in [-0.3, -0.25) is 4.79 Å². The van der Waals surface area contributed by atoms with E-state index in [9.17, 15) is 13.2 Å². The lowest BCUT2D eigenvalue weighted by Gasteiger charge is -2.21. The Morgan fingerprint density at radius 3 is 2.23 bits per heavy atom. The van der Waals surface area contributed by atoms with Crippen LogP contribution in [0.2, 0.25) is 0 Å². The Morgan fingerprint density at radius 1 is 0.903 bits per heavy atom. The third-order valence-corrected chi connectivity index (χ3v) is 6.69. The van der Waals surface area contributed by atoms with Crippen LogP contribution in [0.5, 0.6) is 5.75 Å². The summed E-state index contributed by atoms with van der Waals surface area (Å²) < 4.78 is 32.2. The first-order valence-corrected chi connectivity index (χ1v) is 11.3. The summed E-state index contributed by atoms with van der Waals surface area (Å²) in [6.07, 6.45) is 0. The van der Waals surface area contributed by atoms with Gasteiger partial charge in [0.25, 0.3) is 5.91 Å². The predicted octanol–water partition coefficient (Wildman–Crippen LogP) is 3.74. The summed E-state index contributed by atoms with van der Waals surface area (Å²) in [5.74, 6) is -0.220. The van der Waals surface area contributed by atoms with Gasteiger partial charge in [0.1, 0.15) is 10.6 Å². The van der Waals surface area contributed by atoms with E-state index in [1.165, 1.54) is 31.9 Å². The SMILES string of the molecule is CNS(=O)(=O)c1cc(C(=O)N[C@H](c2ccccc2)c2ccc(C)c(C)c2)ccc1OC. The molecular weight excluding hydrogens is 412 g/mol. The zero-order valence-electron chi connectivity index (χ0n) is 18.0. The fourth-order valence-corrected chi connectivity index (χ4v) is 4.22. The minimum absolute atomic E-state index is 0.0902. The van der Waals surface area contributed by atoms with E-state index in [0.717, 1.165) is 16.7 Å². The third-order valence-electron chi connectivity index (χ3n) is 5.26. The Morgan fingerprint density at radius 2 is 1.61 bits per heavy atom. The molecule has 0 aliphatic heterocycles. The minimum Gasteiger partial charge on any atom is -0.495 e. The van der Waals surface area contributed by atoms with E-state index in [1.54, 1.807) is 6.07 Å². The van der Waals surface area contributed by atoms with Gasteiger partial charge in [0.2, 0.25) is 10.0 Å². The van der Waals surface area contributed by atoms with Crippen LogP contribution in [-0.2, 0) is 10.0 Å². The van der Waals surface area contributed by atoms with E-state index in [-0.39, 0.29) is 28.2 Å². The summed E-state index contributed by atoms with van der Waals surface area (Å²) in [6.45, 7) is 4.07. The molecule has 7 heteroatoms. The molecule has 0 spiro atoms. The quantitative estimate of drug-likeness (QED) is 0.589. The number of carbonyl (C=O) groups is 1. The molecule has 3 aromatic carbocycles. The second-order valence-corrected chi connectivity index (χ2v) is 9.09. The zero-order valence-corrected chi connectivity index (χ0v) is 18.8. The average Bonchev–Trinajstić information content (AvgIpc) is 2.79. The molecule has 3 rings (SSSR count). The van der Waals surface area contributed by atoms with E-state index < -0.39 is 10.0 Å². The van der Waals surface area contributed by atoms with Crippen LogP contribution in [0.3, 0.4) is 0 Å². The summed E-state index contributed by atoms with van der Waals surface area (Å²) in [5, 5.41) is 3.05. The highest BCUT2D eigenvalue weighted by molar-refractivity contribution is 7.89. The van der Waals surface area contributed by atoms with Crippen LogP contribution in [0.25, 0.3) is 0 Å². The fraction of sp³-hybridized carbons (Fsp3) is 0.208. The Labute approximate surface area is 183 Å². The first-order valence-electron chi connectivity index (χ1n) is 9.81. The summed E-state index contributed by atoms with van der Waals surface area (Å²) >= 11 is 0. The average molecular weight is 439 g/mol. The number of benzene rings is 3. The van der Waals surface area contributed by atoms with Crippen molar-refractivity contribution in [2.24, 2.45) is 0 Å². The molecule has 1 amide bonds. The molecule has 3 aromatic rings. The lowest BCUT2D eigenvalue weighted by atomic mass is 9.95. The lowest BCUT2D eigenvalue weighted by Crippen LogP contribution is -2.30. The monoisotopic (exact) mass is 438 g/mol. The van der Waals surface area contributed by atoms with E-state index >= 15 is 0 Å². The molecule has 0 aromatic heterocycles. The number of hydrogen-bond donors (Lipinski definition) is 2. The Bertz CT molecular complexity index is 1190. The maximum Gasteiger partial charge on any atom is 0.252 e. The van der Waals surface area contributed by atoms with Crippen molar-refractivity contribution in [2.45, 2.75) is 24.8 Å². The number of hydrogen-bond acceptors (Lipinski definition) is 4. The van der Waals surface area contributed by atoms with E-state index in [4.69, 9.17) is 4.74 Å². The molecule has 1 atom stereocenters. The highest BCUT2D eigenvalue weighted by Crippen LogP contribution is 2.27. The predicted molar refractivity (Wildman–Crippen MR) is 121 cm³/mol. The van der Waals surface area contributed by atoms with Gasteiger partial charge < -0.3 is 10.1 Å². The summed E-state index contributed by atoms with van der Waals surface area (Å²) in [5.41, 5.74) is 4.38. The van der Waals surface area contributed by atoms with Crippen molar-refractivity contribution < 1.29 is 17.9 Å². The van der Waals surface area contributed by atoms with E-state index in [0.29, 0.717) is 0 Å². The van der Waals surface area contributed by atoms with Crippen LogP contribution in [0, 0.1) is 13.8 Å². The fourth-order valence-electron chi connectivity index (χ4n) is 3.30. The summed E-state index contributed by atoms with van der Waals surface area (Å²) in [6, 6.07) is 19.7. The molecule has 0 radical (unpaired) electrons. The molecule has 0 aliphatic carbocycles. The molecule has 162 valence electrons. The Hall–Kier alpha value is -3.16. The molecule has 0 unspecified atom stereocenters. The zero-order chi connectivity index (χ0) is 22.6. The van der Waals surface area contributed by atoms with Crippen LogP contribution < -0.4 is 14.8 Å². The van der Waals surface area contributed by atoms with Crippen molar-refractivity contribution in [3.05, 3.63) is 94.5 Å². The molecule has 0 saturated heterocycles. The number of sulfonamides is 1. The Balaban J connectivity index is 2.01. The maximum atomic E-state index is 13.2. The molecule has 0 heterocycles. The number of amides is 1. The van der Waals surface area contributed by atoms with Crippen molar-refractivity contribution in [3.8, 4) is 5.75 Å². The van der Waals surface area contributed by atoms with E-state index in [2.05, 4.69) is 16.1 Å². The van der Waals surface area contributed by atoms with Crippen LogP contribution in [0.4, 0.5) is 0 Å². The molecular formula is C24H26N2O4S. The number of nitrogens with one attached hydrogen (secondary N) is 2. The smallest absolute Gasteiger partial charge is 0.252 e. The van der Waals surface area contributed by atoms with Gasteiger partial charge in [-0.25, -0.2) is 13.1 Å². The topological polar surface area (TPSA) is 84.5 Å². The van der Waals surface area contributed by atoms with Gasteiger partial charge in [-0.15, -0.1) is 0 Å². The molecule has 31 heavy (non-hydrogen) atoms. The van der Waals surface area contributed by atoms with Gasteiger partial charge in [0, 0.05) is 5.56 Å². The molecule has 0 fully saturated rings. The van der Waals surface area contributed by atoms with Crippen molar-refractivity contribution in [1.82, 2.24) is 10.0 Å². The standard InChI is InChI=1S/C24H26N2O4S/c1-16-10-11-19(14-17(16)2)23(18-8-6-5-7-9-18)26-24(27)20-12-13-21(30-4)22(15-20)31(28,29)25-3/h5-15,23,25H,1-4H3,(H,26,27)/t23-/m1/s1. The van der Waals surface area contributed by atoms with Crippen molar-refractivity contribution in [3.63, 3.8) is 0 Å². The van der Waals surface area contributed by atoms with Gasteiger partial charge in [-0.2, -0.15) is 0 Å². The van der Waals surface area contributed by atoms with E-state index in [1.807, 2.05) is 56.3 Å². The van der Waals surface area contributed by atoms with Gasteiger partial charge in [-0.1, -0.05) is 48.5 Å². The highest BCUT2D eigenvalue weighted by Gasteiger charge is 2.22. The van der Waals surface area contributed by atoms with Crippen molar-refractivity contribution >= 4 is 15.9 Å². The van der Waals surface area contributed by atoms with Gasteiger partial charge in [0.05, 0.1) is 13.2 Å². The van der Waals surface area contributed by atoms with Crippen LogP contribution in [0.1, 0.15) is 38.7 Å². The third kappa shape index (κ3) is 4.95. The maximum absolute atomic E-state index is 13.2. The molecule has 0 saturated carbocycles. The van der Waals surface area contributed by atoms with Crippen LogP contribution >= 0.6 is 0 Å². The number of methoxy groups -OCH3 is 1. The normalized spacial score (nSPS) is 12.3. The molecule has 6 nitrogen and oxygen atoms in total. The largest absolute Gasteiger partial charge is 0.495 e. The lowest BCUT2D eigenvalue weighted by molar-refractivity contribution is 0.0942. The second-order valence-electron chi connectivity index (χ2n) is 7.23. The van der Waals surface area contributed by atoms with Gasteiger partial charge >= 0.3 is 0 Å². The number of aryl methyl sites for hydroxylation is 2. The summed E-state index contributed by atoms with van der Waals surface area (Å²) in [4.78, 5) is 13.1. The molecule has 0 aliphatic rings. The molecule has 2 N–H and O–H groups in total. The molecule has 0 bridgehead atoms. The minimum atomic E-state index is -3.80. The van der Waals surface area contributed by atoms with Gasteiger partial charge in [0.15, 0.2) is 0 Å². The number of ether oxygens (including phenoxy) is 1. The van der Waals surface area contributed by atoms with Crippen molar-refractivity contribution in [2.75, 3.05) is 14.2 Å². The second kappa shape index (κ2) is 9.32. The van der Waals surface area contributed by atoms with Crippen LogP contribution in [-0.4, -0.2) is 28.5 Å². The summed E-state index contributed by atoms with van der Waals surface area (Å²) in [7, 11) is -1.10. The first kappa shape index (κ1) is 22.5. The number of carbonyl (C=O) groups excluding carboxylic acids is 1. The first-order chi connectivity index (χ1) is 14.8. The van der Waals surface area contributed by atoms with Crippen LogP contribution in [0.15, 0.2) is 71.6 Å². The van der Waals surface area contributed by atoms with Crippen molar-refractivity contribution in [1.29, 1.82) is 0 Å². The number of rotatable bonds is 7. The van der Waals surface area contributed by atoms with Gasteiger partial charge in [-0.05, 0) is 61.3 Å². The highest BCUT2D eigenvalue weighted by atomic mass is 32.2. The Kier molecular flexibility index (Phi) is 6.77.